The Bertz CT molecular complexity index is 544. The summed E-state index contributed by atoms with van der Waals surface area (Å²) >= 11 is 6.00. The first-order valence-corrected chi connectivity index (χ1v) is 7.60. The van der Waals surface area contributed by atoms with Gasteiger partial charge in [-0.05, 0) is 36.6 Å². The molecular formula is C12H19ClN2O3S. The Morgan fingerprint density at radius 3 is 2.53 bits per heavy atom. The maximum atomic E-state index is 11.6. The Labute approximate surface area is 119 Å². The fourth-order valence-electron chi connectivity index (χ4n) is 1.72. The molecule has 1 aromatic rings. The molecule has 0 aliphatic rings. The van der Waals surface area contributed by atoms with Gasteiger partial charge in [-0.15, -0.1) is 0 Å². The van der Waals surface area contributed by atoms with Crippen LogP contribution in [0.5, 0.6) is 5.75 Å². The van der Waals surface area contributed by atoms with Gasteiger partial charge in [-0.3, -0.25) is 0 Å². The van der Waals surface area contributed by atoms with E-state index in [4.69, 9.17) is 16.3 Å². The zero-order valence-corrected chi connectivity index (χ0v) is 13.1. The summed E-state index contributed by atoms with van der Waals surface area (Å²) in [5, 5.41) is 0.615. The highest BCUT2D eigenvalue weighted by Gasteiger charge is 2.13. The molecule has 19 heavy (non-hydrogen) atoms. The minimum Gasteiger partial charge on any atom is -0.496 e. The number of methoxy groups -OCH3 is 1. The van der Waals surface area contributed by atoms with Crippen molar-refractivity contribution in [3.05, 3.63) is 28.3 Å². The molecule has 0 aliphatic carbocycles. The largest absolute Gasteiger partial charge is 0.496 e. The first-order chi connectivity index (χ1) is 8.77. The van der Waals surface area contributed by atoms with Gasteiger partial charge in [-0.25, -0.2) is 4.72 Å². The van der Waals surface area contributed by atoms with Crippen molar-refractivity contribution in [1.29, 1.82) is 0 Å². The number of halogens is 1. The van der Waals surface area contributed by atoms with Gasteiger partial charge in [0.25, 0.3) is 10.2 Å². The molecule has 108 valence electrons. The highest BCUT2D eigenvalue weighted by Crippen LogP contribution is 2.27. The van der Waals surface area contributed by atoms with Crippen LogP contribution in [0.4, 0.5) is 0 Å². The predicted molar refractivity (Wildman–Crippen MR) is 77.1 cm³/mol. The third-order valence-electron chi connectivity index (χ3n) is 2.68. The molecular weight excluding hydrogens is 288 g/mol. The maximum Gasteiger partial charge on any atom is 0.278 e. The number of rotatable bonds is 6. The second-order valence-electron chi connectivity index (χ2n) is 4.35. The molecule has 0 unspecified atom stereocenters. The van der Waals surface area contributed by atoms with Gasteiger partial charge < -0.3 is 4.74 Å². The van der Waals surface area contributed by atoms with Gasteiger partial charge in [0, 0.05) is 25.7 Å². The van der Waals surface area contributed by atoms with Crippen LogP contribution in [0.3, 0.4) is 0 Å². The molecule has 0 amide bonds. The molecule has 0 radical (unpaired) electrons. The fraction of sp³-hybridized carbons (Fsp3) is 0.500. The van der Waals surface area contributed by atoms with E-state index >= 15 is 0 Å². The van der Waals surface area contributed by atoms with Crippen LogP contribution in [0.2, 0.25) is 5.02 Å². The monoisotopic (exact) mass is 306 g/mol. The van der Waals surface area contributed by atoms with Crippen LogP contribution < -0.4 is 9.46 Å². The highest BCUT2D eigenvalue weighted by molar-refractivity contribution is 7.87. The topological polar surface area (TPSA) is 58.6 Å². The molecule has 0 saturated heterocycles. The van der Waals surface area contributed by atoms with Crippen LogP contribution in [-0.4, -0.2) is 40.5 Å². The van der Waals surface area contributed by atoms with Crippen molar-refractivity contribution < 1.29 is 13.2 Å². The smallest absolute Gasteiger partial charge is 0.278 e. The molecule has 0 aliphatic heterocycles. The van der Waals surface area contributed by atoms with Gasteiger partial charge in [-0.2, -0.15) is 12.7 Å². The molecule has 0 atom stereocenters. The van der Waals surface area contributed by atoms with Gasteiger partial charge in [0.15, 0.2) is 0 Å². The molecule has 0 heterocycles. The summed E-state index contributed by atoms with van der Waals surface area (Å²) in [5.41, 5.74) is 1.81. The first kappa shape index (κ1) is 16.2. The third-order valence-corrected chi connectivity index (χ3v) is 4.43. The lowest BCUT2D eigenvalue weighted by atomic mass is 10.1. The molecule has 0 fully saturated rings. The summed E-state index contributed by atoms with van der Waals surface area (Å²) < 4.78 is 32.1. The normalized spacial score (nSPS) is 11.9. The zero-order valence-electron chi connectivity index (χ0n) is 11.5. The number of nitrogens with one attached hydrogen (secondary N) is 1. The van der Waals surface area contributed by atoms with E-state index in [2.05, 4.69) is 4.72 Å². The number of hydrogen-bond donors (Lipinski definition) is 1. The summed E-state index contributed by atoms with van der Waals surface area (Å²) in [4.78, 5) is 0. The van der Waals surface area contributed by atoms with E-state index in [1.54, 1.807) is 13.2 Å². The number of nitrogens with zero attached hydrogens (tertiary/aromatic N) is 1. The minimum atomic E-state index is -3.40. The molecule has 0 saturated carbocycles. The van der Waals surface area contributed by atoms with Crippen LogP contribution in [0.15, 0.2) is 12.1 Å². The lowest BCUT2D eigenvalue weighted by Gasteiger charge is -2.14. The average Bonchev–Trinajstić information content (AvgIpc) is 2.27. The van der Waals surface area contributed by atoms with Gasteiger partial charge in [0.2, 0.25) is 0 Å². The average molecular weight is 307 g/mol. The van der Waals surface area contributed by atoms with Crippen molar-refractivity contribution in [2.24, 2.45) is 0 Å². The summed E-state index contributed by atoms with van der Waals surface area (Å²) in [6, 6.07) is 3.60. The van der Waals surface area contributed by atoms with Gasteiger partial charge in [-0.1, -0.05) is 11.6 Å². The maximum absolute atomic E-state index is 11.6. The van der Waals surface area contributed by atoms with Crippen molar-refractivity contribution in [2.75, 3.05) is 27.7 Å². The molecule has 0 aromatic heterocycles. The van der Waals surface area contributed by atoms with Crippen LogP contribution in [0, 0.1) is 6.92 Å². The highest BCUT2D eigenvalue weighted by atomic mass is 35.5. The van der Waals surface area contributed by atoms with Gasteiger partial charge in [0.05, 0.1) is 7.11 Å². The predicted octanol–water partition coefficient (Wildman–Crippen LogP) is 1.60. The van der Waals surface area contributed by atoms with E-state index in [1.807, 2.05) is 13.0 Å². The molecule has 1 rings (SSSR count). The standard InChI is InChI=1S/C12H19ClN2O3S/c1-9-7-11(13)8-10(12(9)18-4)5-6-14-19(16,17)15(2)3/h7-8,14H,5-6H2,1-4H3. The number of benzene rings is 1. The second-order valence-corrected chi connectivity index (χ2v) is 6.75. The van der Waals surface area contributed by atoms with Crippen LogP contribution in [0.25, 0.3) is 0 Å². The number of aryl methyl sites for hydroxylation is 1. The molecule has 0 spiro atoms. The second kappa shape index (κ2) is 6.56. The lowest BCUT2D eigenvalue weighted by Crippen LogP contribution is -2.36. The molecule has 5 nitrogen and oxygen atoms in total. The van der Waals surface area contributed by atoms with Crippen LogP contribution >= 0.6 is 11.6 Å². The quantitative estimate of drug-likeness (QED) is 0.868. The van der Waals surface area contributed by atoms with Crippen molar-refractivity contribution in [2.45, 2.75) is 13.3 Å². The van der Waals surface area contributed by atoms with Crippen molar-refractivity contribution >= 4 is 21.8 Å². The first-order valence-electron chi connectivity index (χ1n) is 5.78. The van der Waals surface area contributed by atoms with E-state index in [-0.39, 0.29) is 6.54 Å². The van der Waals surface area contributed by atoms with Crippen LogP contribution in [-0.2, 0) is 16.6 Å². The molecule has 1 aromatic carbocycles. The third kappa shape index (κ3) is 4.35. The van der Waals surface area contributed by atoms with E-state index < -0.39 is 10.2 Å². The summed E-state index contributed by atoms with van der Waals surface area (Å²) in [6.45, 7) is 2.19. The Balaban J connectivity index is 2.79. The van der Waals surface area contributed by atoms with Crippen molar-refractivity contribution in [3.63, 3.8) is 0 Å². The van der Waals surface area contributed by atoms with Gasteiger partial charge >= 0.3 is 0 Å². The zero-order chi connectivity index (χ0) is 14.6. The SMILES string of the molecule is COc1c(C)cc(Cl)cc1CCNS(=O)(=O)N(C)C. The summed E-state index contributed by atoms with van der Waals surface area (Å²) in [7, 11) is 1.15. The Morgan fingerprint density at radius 2 is 2.00 bits per heavy atom. The molecule has 1 N–H and O–H groups in total. The lowest BCUT2D eigenvalue weighted by molar-refractivity contribution is 0.406. The Morgan fingerprint density at radius 1 is 1.37 bits per heavy atom. The van der Waals surface area contributed by atoms with E-state index in [0.717, 1.165) is 21.2 Å². The minimum absolute atomic E-state index is 0.288. The number of hydrogen-bond acceptors (Lipinski definition) is 3. The summed E-state index contributed by atoms with van der Waals surface area (Å²) in [6.07, 6.45) is 0.512. The summed E-state index contributed by atoms with van der Waals surface area (Å²) in [5.74, 6) is 0.744. The molecule has 7 heteroatoms. The van der Waals surface area contributed by atoms with Crippen molar-refractivity contribution in [3.8, 4) is 5.75 Å². The Kier molecular flexibility index (Phi) is 5.61. The van der Waals surface area contributed by atoms with E-state index in [0.29, 0.717) is 11.4 Å². The van der Waals surface area contributed by atoms with E-state index in [1.165, 1.54) is 14.1 Å². The van der Waals surface area contributed by atoms with Crippen molar-refractivity contribution in [1.82, 2.24) is 9.03 Å². The van der Waals surface area contributed by atoms with E-state index in [9.17, 15) is 8.42 Å². The fourth-order valence-corrected chi connectivity index (χ4v) is 2.63. The molecule has 0 bridgehead atoms. The van der Waals surface area contributed by atoms with Gasteiger partial charge in [0.1, 0.15) is 5.75 Å². The Hall–Kier alpha value is -0.820. The van der Waals surface area contributed by atoms with Crippen LogP contribution in [0.1, 0.15) is 11.1 Å². The number of ether oxygens (including phenoxy) is 1.